The van der Waals surface area contributed by atoms with Gasteiger partial charge in [0.1, 0.15) is 16.2 Å². The minimum absolute atomic E-state index is 0.553. The Kier molecular flexibility index (Phi) is 5.64. The van der Waals surface area contributed by atoms with Crippen molar-refractivity contribution in [3.8, 4) is 39.3 Å². The van der Waals surface area contributed by atoms with Gasteiger partial charge in [-0.25, -0.2) is 9.97 Å². The number of nitrogens with zero attached hydrogens (tertiary/aromatic N) is 5. The van der Waals surface area contributed by atoms with Crippen molar-refractivity contribution in [3.63, 3.8) is 0 Å². The molecule has 0 bridgehead atoms. The molecule has 0 radical (unpaired) electrons. The number of rotatable bonds is 4. The fraction of sp³-hybridized carbons (Fsp3) is 0. The van der Waals surface area contributed by atoms with Gasteiger partial charge in [0.2, 0.25) is 5.95 Å². The first-order valence-corrected chi connectivity index (χ1v) is 16.2. The highest BCUT2D eigenvalue weighted by molar-refractivity contribution is 7.22. The van der Waals surface area contributed by atoms with E-state index in [1.165, 1.54) is 0 Å². The van der Waals surface area contributed by atoms with Gasteiger partial charge in [-0.3, -0.25) is 4.57 Å². The molecule has 0 aliphatic heterocycles. The summed E-state index contributed by atoms with van der Waals surface area (Å²) in [7, 11) is 0. The van der Waals surface area contributed by atoms with Crippen LogP contribution in [0.3, 0.4) is 0 Å². The lowest BCUT2D eigenvalue weighted by molar-refractivity contribution is 0.669. The molecular formula is C40H23N5OS. The number of furan rings is 1. The van der Waals surface area contributed by atoms with Crippen LogP contribution >= 0.6 is 11.3 Å². The molecule has 0 saturated heterocycles. The van der Waals surface area contributed by atoms with E-state index in [-0.39, 0.29) is 0 Å². The van der Waals surface area contributed by atoms with Crippen molar-refractivity contribution in [1.82, 2.24) is 24.5 Å². The van der Waals surface area contributed by atoms with Crippen molar-refractivity contribution in [1.29, 1.82) is 0 Å². The zero-order valence-corrected chi connectivity index (χ0v) is 25.6. The molecule has 47 heavy (non-hydrogen) atoms. The smallest absolute Gasteiger partial charge is 0.238 e. The van der Waals surface area contributed by atoms with Crippen LogP contribution in [0.25, 0.3) is 93.3 Å². The van der Waals surface area contributed by atoms with Crippen molar-refractivity contribution < 1.29 is 4.42 Å². The van der Waals surface area contributed by atoms with Crippen LogP contribution in [-0.4, -0.2) is 24.5 Å². The minimum atomic E-state index is 0.553. The van der Waals surface area contributed by atoms with Gasteiger partial charge < -0.3 is 4.42 Å². The van der Waals surface area contributed by atoms with Crippen LogP contribution < -0.4 is 0 Å². The molecule has 0 unspecified atom stereocenters. The van der Waals surface area contributed by atoms with E-state index in [2.05, 4.69) is 89.5 Å². The van der Waals surface area contributed by atoms with Crippen molar-refractivity contribution in [2.45, 2.75) is 0 Å². The van der Waals surface area contributed by atoms with Gasteiger partial charge in [-0.15, -0.1) is 11.3 Å². The third-order valence-corrected chi connectivity index (χ3v) is 9.87. The molecule has 0 aliphatic rings. The highest BCUT2D eigenvalue weighted by Gasteiger charge is 2.20. The Morgan fingerprint density at radius 3 is 1.98 bits per heavy atom. The van der Waals surface area contributed by atoms with E-state index in [9.17, 15) is 0 Å². The molecule has 6 nitrogen and oxygen atoms in total. The van der Waals surface area contributed by atoms with E-state index in [1.807, 2.05) is 54.6 Å². The largest absolute Gasteiger partial charge is 0.456 e. The summed E-state index contributed by atoms with van der Waals surface area (Å²) < 4.78 is 9.44. The third-order valence-electron chi connectivity index (χ3n) is 8.72. The number of hydrogen-bond donors (Lipinski definition) is 0. The Hall–Kier alpha value is -6.18. The van der Waals surface area contributed by atoms with Crippen LogP contribution in [0.15, 0.2) is 144 Å². The third kappa shape index (κ3) is 4.10. The predicted molar refractivity (Wildman–Crippen MR) is 191 cm³/mol. The monoisotopic (exact) mass is 621 g/mol. The van der Waals surface area contributed by atoms with Crippen molar-refractivity contribution in [2.24, 2.45) is 0 Å². The van der Waals surface area contributed by atoms with Crippen LogP contribution in [0.1, 0.15) is 0 Å². The molecule has 0 spiro atoms. The van der Waals surface area contributed by atoms with Crippen LogP contribution in [0.5, 0.6) is 0 Å². The van der Waals surface area contributed by atoms with Crippen molar-refractivity contribution in [3.05, 3.63) is 140 Å². The summed E-state index contributed by atoms with van der Waals surface area (Å²) in [4.78, 5) is 20.5. The Morgan fingerprint density at radius 1 is 0.489 bits per heavy atom. The Bertz CT molecular complexity index is 2760. The van der Waals surface area contributed by atoms with Gasteiger partial charge in [0.25, 0.3) is 0 Å². The average molecular weight is 622 g/mol. The highest BCUT2D eigenvalue weighted by atomic mass is 32.1. The molecule has 6 aromatic carbocycles. The number of thiazole rings is 1. The molecule has 10 aromatic rings. The average Bonchev–Trinajstić information content (AvgIpc) is 3.83. The van der Waals surface area contributed by atoms with Gasteiger partial charge in [-0.1, -0.05) is 97.1 Å². The summed E-state index contributed by atoms with van der Waals surface area (Å²) in [6, 6.07) is 47.5. The minimum Gasteiger partial charge on any atom is -0.456 e. The molecule has 0 amide bonds. The molecule has 0 fully saturated rings. The highest BCUT2D eigenvalue weighted by Crippen LogP contribution is 2.38. The molecule has 4 aromatic heterocycles. The molecule has 0 N–H and O–H groups in total. The first kappa shape index (κ1) is 26.1. The second-order valence-electron chi connectivity index (χ2n) is 11.5. The second-order valence-corrected chi connectivity index (χ2v) is 12.5. The normalized spacial score (nSPS) is 11.8. The summed E-state index contributed by atoms with van der Waals surface area (Å²) in [6.07, 6.45) is 0. The molecule has 0 aliphatic carbocycles. The molecule has 10 rings (SSSR count). The Balaban J connectivity index is 1.25. The standard InChI is InChI=1S/C40H23N5OS/c1-2-11-24(12-3-1)39-41-31-17-10-16-30(36(31)47-39)38-42-37(25-21-22-29-28-15-6-9-20-34(28)46-35(29)23-25)43-40(44-38)45-32-18-7-4-13-26(32)27-14-5-8-19-33(27)45/h1-23H. The molecule has 4 heterocycles. The maximum Gasteiger partial charge on any atom is 0.238 e. The lowest BCUT2D eigenvalue weighted by Gasteiger charge is -2.11. The van der Waals surface area contributed by atoms with Gasteiger partial charge in [0.15, 0.2) is 11.6 Å². The van der Waals surface area contributed by atoms with Gasteiger partial charge >= 0.3 is 0 Å². The predicted octanol–water partition coefficient (Wildman–Crippen LogP) is 10.5. The quantitative estimate of drug-likeness (QED) is 0.196. The number of fused-ring (bicyclic) bond motifs is 7. The zero-order valence-electron chi connectivity index (χ0n) is 24.8. The summed E-state index contributed by atoms with van der Waals surface area (Å²) in [5.74, 6) is 1.71. The molecule has 0 atom stereocenters. The molecule has 220 valence electrons. The summed E-state index contributed by atoms with van der Waals surface area (Å²) in [5.41, 5.74) is 7.48. The summed E-state index contributed by atoms with van der Waals surface area (Å²) in [5, 5.41) is 5.39. The van der Waals surface area contributed by atoms with E-state index in [0.717, 1.165) is 75.7 Å². The number of hydrogen-bond acceptors (Lipinski definition) is 6. The first-order valence-electron chi connectivity index (χ1n) is 15.4. The summed E-state index contributed by atoms with van der Waals surface area (Å²) >= 11 is 1.65. The lowest BCUT2D eigenvalue weighted by Crippen LogP contribution is -2.06. The molecular weight excluding hydrogens is 599 g/mol. The van der Waals surface area contributed by atoms with Gasteiger partial charge in [0.05, 0.1) is 21.3 Å². The van der Waals surface area contributed by atoms with Crippen molar-refractivity contribution in [2.75, 3.05) is 0 Å². The first-order chi connectivity index (χ1) is 23.3. The maximum atomic E-state index is 6.27. The van der Waals surface area contributed by atoms with E-state index in [0.29, 0.717) is 17.6 Å². The zero-order chi connectivity index (χ0) is 30.9. The number of aromatic nitrogens is 5. The maximum absolute atomic E-state index is 6.27. The van der Waals surface area contributed by atoms with Gasteiger partial charge in [-0.2, -0.15) is 9.97 Å². The van der Waals surface area contributed by atoms with Crippen LogP contribution in [0, 0.1) is 0 Å². The number of para-hydroxylation sites is 3. The van der Waals surface area contributed by atoms with Crippen molar-refractivity contribution >= 4 is 65.3 Å². The van der Waals surface area contributed by atoms with Crippen LogP contribution in [0.2, 0.25) is 0 Å². The number of benzene rings is 6. The van der Waals surface area contributed by atoms with Crippen LogP contribution in [-0.2, 0) is 0 Å². The fourth-order valence-electron chi connectivity index (χ4n) is 6.55. The van der Waals surface area contributed by atoms with Gasteiger partial charge in [0, 0.05) is 38.2 Å². The van der Waals surface area contributed by atoms with E-state index in [1.54, 1.807) is 11.3 Å². The van der Waals surface area contributed by atoms with E-state index >= 15 is 0 Å². The fourth-order valence-corrected chi connectivity index (χ4v) is 7.63. The SMILES string of the molecule is c1ccc(-c2nc3cccc(-c4nc(-c5ccc6c(c5)oc5ccccc56)nc(-n5c6ccccc6c6ccccc65)n4)c3s2)cc1. The Labute approximate surface area is 272 Å². The topological polar surface area (TPSA) is 69.6 Å². The van der Waals surface area contributed by atoms with E-state index in [4.69, 9.17) is 24.4 Å². The van der Waals surface area contributed by atoms with Gasteiger partial charge in [-0.05, 0) is 42.5 Å². The molecule has 7 heteroatoms. The van der Waals surface area contributed by atoms with Crippen LogP contribution in [0.4, 0.5) is 0 Å². The summed E-state index contributed by atoms with van der Waals surface area (Å²) in [6.45, 7) is 0. The second kappa shape index (κ2) is 10.2. The lowest BCUT2D eigenvalue weighted by atomic mass is 10.1. The van der Waals surface area contributed by atoms with E-state index < -0.39 is 0 Å². The Morgan fingerprint density at radius 2 is 1.17 bits per heavy atom. The molecule has 0 saturated carbocycles.